The number of ether oxygens (including phenoxy) is 2. The number of rotatable bonds is 5. The van der Waals surface area contributed by atoms with Crippen molar-refractivity contribution in [3.8, 4) is 0 Å². The fourth-order valence-corrected chi connectivity index (χ4v) is 2.32. The fourth-order valence-electron chi connectivity index (χ4n) is 2.32. The lowest BCUT2D eigenvalue weighted by Crippen LogP contribution is -2.54. The Balaban J connectivity index is 2.97. The second-order valence-corrected chi connectivity index (χ2v) is 5.59. The van der Waals surface area contributed by atoms with E-state index in [9.17, 15) is 19.8 Å². The van der Waals surface area contributed by atoms with Gasteiger partial charge < -0.3 is 19.7 Å². The van der Waals surface area contributed by atoms with Crippen molar-refractivity contribution in [3.05, 3.63) is 0 Å². The maximum atomic E-state index is 11.2. The summed E-state index contributed by atoms with van der Waals surface area (Å²) in [5, 5.41) is 18.4. The van der Waals surface area contributed by atoms with Gasteiger partial charge in [0.25, 0.3) is 0 Å². The van der Waals surface area contributed by atoms with Crippen LogP contribution in [0.2, 0.25) is 0 Å². The Labute approximate surface area is 112 Å². The Morgan fingerprint density at radius 3 is 1.63 bits per heavy atom. The average Bonchev–Trinajstić information content (AvgIpc) is 2.36. The third-order valence-electron chi connectivity index (χ3n) is 4.04. The highest BCUT2D eigenvalue weighted by Crippen LogP contribution is 2.41. The summed E-state index contributed by atoms with van der Waals surface area (Å²) in [4.78, 5) is 22.5. The van der Waals surface area contributed by atoms with Crippen LogP contribution in [0.25, 0.3) is 0 Å². The van der Waals surface area contributed by atoms with Crippen LogP contribution in [0.3, 0.4) is 0 Å². The van der Waals surface area contributed by atoms with E-state index < -0.39 is 35.5 Å². The number of carboxylic acid groups (broad SMARTS) is 2. The summed E-state index contributed by atoms with van der Waals surface area (Å²) in [6.45, 7) is 7.03. The first-order chi connectivity index (χ1) is 8.72. The van der Waals surface area contributed by atoms with Gasteiger partial charge in [0.1, 0.15) is 0 Å². The molecule has 19 heavy (non-hydrogen) atoms. The molecule has 0 bridgehead atoms. The van der Waals surface area contributed by atoms with E-state index in [1.165, 1.54) is 13.8 Å². The van der Waals surface area contributed by atoms with Crippen LogP contribution in [0.15, 0.2) is 0 Å². The molecule has 0 aromatic heterocycles. The molecule has 0 aliphatic carbocycles. The molecule has 1 aliphatic heterocycles. The molecule has 0 saturated carbocycles. The highest BCUT2D eigenvalue weighted by molar-refractivity contribution is 5.75. The molecule has 1 fully saturated rings. The predicted molar refractivity (Wildman–Crippen MR) is 66.6 cm³/mol. The van der Waals surface area contributed by atoms with E-state index >= 15 is 0 Å². The molecule has 0 aromatic carbocycles. The van der Waals surface area contributed by atoms with Crippen LogP contribution < -0.4 is 0 Å². The van der Waals surface area contributed by atoms with Crippen molar-refractivity contribution in [2.24, 2.45) is 23.2 Å². The molecule has 6 nitrogen and oxygen atoms in total. The Morgan fingerprint density at radius 1 is 1.00 bits per heavy atom. The minimum absolute atomic E-state index is 0.0801. The lowest BCUT2D eigenvalue weighted by Gasteiger charge is -2.45. The van der Waals surface area contributed by atoms with Crippen LogP contribution >= 0.6 is 0 Å². The highest BCUT2D eigenvalue weighted by atomic mass is 16.7. The standard InChI is InChI=1S/C13H22O6/c1-7(2)12-18-5-13(6-19-12,8(3)10(14)15)9(4)11(16)17/h7-9,12H,5-6H2,1-4H3,(H,14,15)(H,16,17). The molecule has 0 radical (unpaired) electrons. The van der Waals surface area contributed by atoms with Crippen LogP contribution in [0.4, 0.5) is 0 Å². The summed E-state index contributed by atoms with van der Waals surface area (Å²) >= 11 is 0. The Hall–Kier alpha value is -1.14. The van der Waals surface area contributed by atoms with E-state index in [1.54, 1.807) is 0 Å². The maximum absolute atomic E-state index is 11.2. The molecule has 1 heterocycles. The van der Waals surface area contributed by atoms with E-state index in [1.807, 2.05) is 13.8 Å². The number of hydrogen-bond donors (Lipinski definition) is 2. The van der Waals surface area contributed by atoms with E-state index in [0.717, 1.165) is 0 Å². The molecule has 110 valence electrons. The van der Waals surface area contributed by atoms with E-state index in [-0.39, 0.29) is 19.1 Å². The van der Waals surface area contributed by atoms with E-state index in [2.05, 4.69) is 0 Å². The van der Waals surface area contributed by atoms with E-state index in [4.69, 9.17) is 9.47 Å². The molecule has 6 heteroatoms. The lowest BCUT2D eigenvalue weighted by atomic mass is 9.68. The van der Waals surface area contributed by atoms with Crippen molar-refractivity contribution in [1.29, 1.82) is 0 Å². The predicted octanol–water partition coefficient (Wildman–Crippen LogP) is 1.44. The smallest absolute Gasteiger partial charge is 0.306 e. The minimum Gasteiger partial charge on any atom is -0.481 e. The quantitative estimate of drug-likeness (QED) is 0.788. The van der Waals surface area contributed by atoms with Gasteiger partial charge in [-0.3, -0.25) is 9.59 Å². The molecule has 0 amide bonds. The van der Waals surface area contributed by atoms with E-state index in [0.29, 0.717) is 0 Å². The molecule has 0 spiro atoms. The molecule has 2 N–H and O–H groups in total. The van der Waals surface area contributed by atoms with Crippen molar-refractivity contribution in [2.45, 2.75) is 34.0 Å². The van der Waals surface area contributed by atoms with Gasteiger partial charge in [0.15, 0.2) is 6.29 Å². The third-order valence-corrected chi connectivity index (χ3v) is 4.04. The van der Waals surface area contributed by atoms with Crippen LogP contribution in [0, 0.1) is 23.2 Å². The normalized spacial score (nSPS) is 30.9. The Kier molecular flexibility index (Phi) is 4.92. The number of aliphatic carboxylic acids is 2. The summed E-state index contributed by atoms with van der Waals surface area (Å²) in [6.07, 6.45) is -0.407. The van der Waals surface area contributed by atoms with Crippen molar-refractivity contribution < 1.29 is 29.3 Å². The molecular weight excluding hydrogens is 252 g/mol. The summed E-state index contributed by atoms with van der Waals surface area (Å²) in [5.74, 6) is -3.65. The van der Waals surface area contributed by atoms with Crippen LogP contribution in [0.1, 0.15) is 27.7 Å². The molecule has 2 unspecified atom stereocenters. The van der Waals surface area contributed by atoms with Crippen molar-refractivity contribution in [1.82, 2.24) is 0 Å². The van der Waals surface area contributed by atoms with Gasteiger partial charge in [-0.05, 0) is 0 Å². The van der Waals surface area contributed by atoms with Gasteiger partial charge in [-0.1, -0.05) is 27.7 Å². The number of hydrogen-bond acceptors (Lipinski definition) is 4. The van der Waals surface area contributed by atoms with Gasteiger partial charge in [-0.2, -0.15) is 0 Å². The SMILES string of the molecule is CC(C)C1OCC(C(C)C(=O)O)(C(C)C(=O)O)CO1. The molecule has 2 atom stereocenters. The Bertz CT molecular complexity index is 321. The topological polar surface area (TPSA) is 93.1 Å². The van der Waals surface area contributed by atoms with Crippen molar-refractivity contribution in [3.63, 3.8) is 0 Å². The van der Waals surface area contributed by atoms with Crippen molar-refractivity contribution in [2.75, 3.05) is 13.2 Å². The maximum Gasteiger partial charge on any atom is 0.306 e. The molecule has 0 aromatic rings. The molecular formula is C13H22O6. The zero-order valence-electron chi connectivity index (χ0n) is 11.8. The largest absolute Gasteiger partial charge is 0.481 e. The molecule has 1 aliphatic rings. The minimum atomic E-state index is -1.04. The zero-order valence-corrected chi connectivity index (χ0v) is 11.8. The van der Waals surface area contributed by atoms with Gasteiger partial charge >= 0.3 is 11.9 Å². The highest BCUT2D eigenvalue weighted by Gasteiger charge is 2.51. The first kappa shape index (κ1) is 15.9. The summed E-state index contributed by atoms with van der Waals surface area (Å²) < 4.78 is 11.1. The van der Waals surface area contributed by atoms with Gasteiger partial charge in [0.05, 0.1) is 25.0 Å². The zero-order chi connectivity index (χ0) is 14.8. The Morgan fingerprint density at radius 2 is 1.37 bits per heavy atom. The van der Waals surface area contributed by atoms with Crippen LogP contribution in [-0.4, -0.2) is 41.7 Å². The van der Waals surface area contributed by atoms with Gasteiger partial charge in [-0.25, -0.2) is 0 Å². The van der Waals surface area contributed by atoms with Gasteiger partial charge in [0.2, 0.25) is 0 Å². The van der Waals surface area contributed by atoms with Crippen LogP contribution in [0.5, 0.6) is 0 Å². The monoisotopic (exact) mass is 274 g/mol. The summed E-state index contributed by atoms with van der Waals surface area (Å²) in [6, 6.07) is 0. The molecule has 1 saturated heterocycles. The van der Waals surface area contributed by atoms with Crippen LogP contribution in [-0.2, 0) is 19.1 Å². The van der Waals surface area contributed by atoms with Gasteiger partial charge in [-0.15, -0.1) is 0 Å². The number of carboxylic acids is 2. The third kappa shape index (κ3) is 3.06. The second-order valence-electron chi connectivity index (χ2n) is 5.59. The first-order valence-corrected chi connectivity index (χ1v) is 6.41. The van der Waals surface area contributed by atoms with Crippen molar-refractivity contribution >= 4 is 11.9 Å². The first-order valence-electron chi connectivity index (χ1n) is 6.41. The fraction of sp³-hybridized carbons (Fsp3) is 0.846. The summed E-state index contributed by atoms with van der Waals surface area (Å²) in [5.41, 5.74) is -1.04. The summed E-state index contributed by atoms with van der Waals surface area (Å²) in [7, 11) is 0. The lowest BCUT2D eigenvalue weighted by molar-refractivity contribution is -0.266. The number of carbonyl (C=O) groups is 2. The average molecular weight is 274 g/mol. The van der Waals surface area contributed by atoms with Gasteiger partial charge in [0, 0.05) is 11.3 Å². The molecule has 1 rings (SSSR count). The second kappa shape index (κ2) is 5.88.